The average Bonchev–Trinajstić information content (AvgIpc) is 3.07. The Morgan fingerprint density at radius 2 is 1.77 bits per heavy atom. The fraction of sp³-hybridized carbons (Fsp3) is 0.529. The van der Waals surface area contributed by atoms with Crippen molar-refractivity contribution in [2.24, 2.45) is 29.2 Å². The Hall–Kier alpha value is -4.56. The fourth-order valence-electron chi connectivity index (χ4n) is 5.70. The molecule has 5 unspecified atom stereocenters. The molecule has 0 aromatic carbocycles. The summed E-state index contributed by atoms with van der Waals surface area (Å²) in [5.41, 5.74) is 10.7. The van der Waals surface area contributed by atoms with E-state index < -0.39 is 23.6 Å². The highest BCUT2D eigenvalue weighted by Crippen LogP contribution is 2.39. The number of fused-ring (bicyclic) bond motifs is 2. The number of ketones is 1. The summed E-state index contributed by atoms with van der Waals surface area (Å²) in [7, 11) is 7.36. The zero-order chi connectivity index (χ0) is 35.9. The molecule has 2 bridgehead atoms. The molecule has 1 saturated carbocycles. The molecule has 1 aromatic heterocycles. The van der Waals surface area contributed by atoms with Gasteiger partial charge in [0.05, 0.1) is 24.4 Å². The maximum absolute atomic E-state index is 11.6. The van der Waals surface area contributed by atoms with Crippen LogP contribution in [0.25, 0.3) is 0 Å². The molecule has 1 saturated heterocycles. The van der Waals surface area contributed by atoms with Gasteiger partial charge in [-0.05, 0) is 88.0 Å². The lowest BCUT2D eigenvalue weighted by Crippen LogP contribution is -2.55. The van der Waals surface area contributed by atoms with Crippen LogP contribution in [-0.2, 0) is 30.5 Å². The highest BCUT2D eigenvalue weighted by Gasteiger charge is 2.38. The molecular formula is C34H58N8O6. The third-order valence-corrected chi connectivity index (χ3v) is 7.69. The molecular weight excluding hydrogens is 616 g/mol. The maximum Gasteiger partial charge on any atom is 0.287 e. The molecule has 1 aromatic rings. The molecule has 0 spiro atoms. The highest BCUT2D eigenvalue weighted by molar-refractivity contribution is 6.36. The molecule has 3 rings (SSSR count). The van der Waals surface area contributed by atoms with Crippen molar-refractivity contribution in [2.45, 2.75) is 65.2 Å². The van der Waals surface area contributed by atoms with Crippen LogP contribution >= 0.6 is 0 Å². The van der Waals surface area contributed by atoms with E-state index in [-0.39, 0.29) is 38.1 Å². The van der Waals surface area contributed by atoms with Gasteiger partial charge in [0.25, 0.3) is 17.4 Å². The highest BCUT2D eigenvalue weighted by atomic mass is 16.2. The van der Waals surface area contributed by atoms with Crippen molar-refractivity contribution in [1.82, 2.24) is 25.4 Å². The van der Waals surface area contributed by atoms with E-state index in [0.717, 1.165) is 17.8 Å². The average molecular weight is 675 g/mol. The largest absolute Gasteiger partial charge is 0.405 e. The minimum atomic E-state index is -0.898. The Bertz CT molecular complexity index is 1260. The van der Waals surface area contributed by atoms with Crippen LogP contribution in [0.4, 0.5) is 5.69 Å². The van der Waals surface area contributed by atoms with Crippen molar-refractivity contribution in [3.05, 3.63) is 65.9 Å². The molecule has 270 valence electrons. The van der Waals surface area contributed by atoms with E-state index in [4.69, 9.17) is 11.5 Å². The second kappa shape index (κ2) is 25.5. The van der Waals surface area contributed by atoms with E-state index in [2.05, 4.69) is 60.3 Å². The maximum atomic E-state index is 11.6. The van der Waals surface area contributed by atoms with Gasteiger partial charge in [-0.15, -0.1) is 13.2 Å². The van der Waals surface area contributed by atoms with Crippen molar-refractivity contribution < 1.29 is 24.0 Å². The van der Waals surface area contributed by atoms with Crippen molar-refractivity contribution >= 4 is 35.9 Å². The summed E-state index contributed by atoms with van der Waals surface area (Å²) in [4.78, 5) is 68.6. The van der Waals surface area contributed by atoms with E-state index in [1.54, 1.807) is 25.4 Å². The number of pyridine rings is 1. The molecule has 0 radical (unpaired) electrons. The fourth-order valence-corrected chi connectivity index (χ4v) is 5.70. The number of aldehydes is 2. The Morgan fingerprint density at radius 3 is 2.31 bits per heavy atom. The van der Waals surface area contributed by atoms with Crippen molar-refractivity contribution in [1.29, 1.82) is 0 Å². The van der Waals surface area contributed by atoms with Crippen LogP contribution in [0.15, 0.2) is 60.3 Å². The van der Waals surface area contributed by atoms with Crippen molar-refractivity contribution in [3.8, 4) is 0 Å². The number of hydrogen-bond donors (Lipinski definition) is 6. The SMILES string of the molecule is C.C=C.CNC(=O)C(=O)CCC(C=O)NC(=O)/C(N)=C/C=C\N.CNC1C2CC(C)CC(C2)CN1C.CNc1cccn(CC=O)c1=O. The third-order valence-electron chi connectivity index (χ3n) is 7.69. The zero-order valence-electron chi connectivity index (χ0n) is 28.4. The standard InChI is InChI=1S/C12H18N4O4.C11H22N2.C8H10N2O2.C2H4.CH4/c1-15-12(20)10(18)5-4-8(7-17)16-11(19)9(14)3-2-6-13;1-8-4-9-6-10(5-8)11(12-2)13(3)7-9;1-9-7-3-2-4-10(5-6-11)8(7)12;1-2;/h2-3,6-8H,4-5,13-14H2,1H3,(H,15,20)(H,16,19);8-12H,4-7H2,1-3H3;2-4,6,9H,5H2,1H3;1-2H2;1H4/b6-2-,9-3-;;;;. The molecule has 14 heteroatoms. The van der Waals surface area contributed by atoms with Gasteiger partial charge in [-0.3, -0.25) is 24.1 Å². The normalized spacial score (nSPS) is 20.3. The van der Waals surface area contributed by atoms with Gasteiger partial charge in [-0.2, -0.15) is 0 Å². The molecule has 1 aliphatic heterocycles. The Balaban J connectivity index is 0. The summed E-state index contributed by atoms with van der Waals surface area (Å²) in [6.07, 6.45) is 11.4. The Kier molecular flexibility index (Phi) is 24.2. The number of nitrogens with one attached hydrogen (secondary N) is 4. The number of Topliss-reactive ketones (excluding diaryl/α,β-unsaturated/α-hetero) is 1. The number of aromatic nitrogens is 1. The molecule has 2 amide bonds. The second-order valence-electron chi connectivity index (χ2n) is 11.2. The number of likely N-dealkylation sites (N-methyl/N-ethyl adjacent to an activating group) is 1. The van der Waals surface area contributed by atoms with Crippen LogP contribution < -0.4 is 38.3 Å². The molecule has 1 aliphatic carbocycles. The number of allylic oxidation sites excluding steroid dienone is 2. The first-order valence-corrected chi connectivity index (χ1v) is 15.5. The molecule has 48 heavy (non-hydrogen) atoms. The van der Waals surface area contributed by atoms with Gasteiger partial charge in [-0.1, -0.05) is 14.4 Å². The van der Waals surface area contributed by atoms with Crippen molar-refractivity contribution in [3.63, 3.8) is 0 Å². The molecule has 8 N–H and O–H groups in total. The quantitative estimate of drug-likeness (QED) is 0.0609. The van der Waals surface area contributed by atoms with Crippen LogP contribution in [0, 0.1) is 17.8 Å². The number of rotatable bonds is 12. The van der Waals surface area contributed by atoms with E-state index in [1.165, 1.54) is 55.8 Å². The van der Waals surface area contributed by atoms with Gasteiger partial charge >= 0.3 is 0 Å². The predicted octanol–water partition coefficient (Wildman–Crippen LogP) is 1.14. The van der Waals surface area contributed by atoms with Gasteiger partial charge in [0.15, 0.2) is 0 Å². The number of nitrogens with two attached hydrogens (primary N) is 2. The first-order chi connectivity index (χ1) is 22.4. The lowest BCUT2D eigenvalue weighted by atomic mass is 9.71. The number of carbonyl (C=O) groups excluding carboxylic acids is 5. The first-order valence-electron chi connectivity index (χ1n) is 15.5. The van der Waals surface area contributed by atoms with Gasteiger partial charge < -0.3 is 46.9 Å². The summed E-state index contributed by atoms with van der Waals surface area (Å²) in [5.74, 6) is 0.762. The molecule has 14 nitrogen and oxygen atoms in total. The number of hydrogen-bond acceptors (Lipinski definition) is 11. The van der Waals surface area contributed by atoms with Crippen LogP contribution in [-0.4, -0.2) is 86.6 Å². The summed E-state index contributed by atoms with van der Waals surface area (Å²) in [6, 6.07) is 2.49. The number of nitrogens with zero attached hydrogens (tertiary/aromatic N) is 2. The Morgan fingerprint density at radius 1 is 1.10 bits per heavy atom. The van der Waals surface area contributed by atoms with E-state index in [0.29, 0.717) is 24.4 Å². The Labute approximate surface area is 285 Å². The van der Waals surface area contributed by atoms with Gasteiger partial charge in [0.1, 0.15) is 18.3 Å². The van der Waals surface area contributed by atoms with Crippen LogP contribution in [0.3, 0.4) is 0 Å². The number of anilines is 1. The topological polar surface area (TPSA) is 211 Å². The number of amides is 2. The van der Waals surface area contributed by atoms with Crippen molar-refractivity contribution in [2.75, 3.05) is 40.1 Å². The minimum Gasteiger partial charge on any atom is -0.405 e. The smallest absolute Gasteiger partial charge is 0.287 e. The van der Waals surface area contributed by atoms with Crippen LogP contribution in [0.2, 0.25) is 0 Å². The number of piperidine rings is 1. The summed E-state index contributed by atoms with van der Waals surface area (Å²) in [5, 5.41) is 10.7. The van der Waals surface area contributed by atoms with Gasteiger partial charge in [0.2, 0.25) is 5.78 Å². The molecule has 2 aliphatic rings. The van der Waals surface area contributed by atoms with Crippen LogP contribution in [0.5, 0.6) is 0 Å². The minimum absolute atomic E-state index is 0. The third kappa shape index (κ3) is 15.8. The summed E-state index contributed by atoms with van der Waals surface area (Å²) in [6.45, 7) is 9.82. The predicted molar refractivity (Wildman–Crippen MR) is 192 cm³/mol. The number of likely N-dealkylation sites (tertiary alicyclic amines) is 1. The monoisotopic (exact) mass is 674 g/mol. The van der Waals surface area contributed by atoms with E-state index >= 15 is 0 Å². The second-order valence-corrected chi connectivity index (χ2v) is 11.2. The summed E-state index contributed by atoms with van der Waals surface area (Å²) < 4.78 is 1.35. The van der Waals surface area contributed by atoms with E-state index in [9.17, 15) is 28.8 Å². The lowest BCUT2D eigenvalue weighted by Gasteiger charge is -2.47. The van der Waals surface area contributed by atoms with Crippen LogP contribution in [0.1, 0.15) is 46.5 Å². The summed E-state index contributed by atoms with van der Waals surface area (Å²) >= 11 is 0. The van der Waals surface area contributed by atoms with Gasteiger partial charge in [-0.25, -0.2) is 0 Å². The number of carbonyl (C=O) groups is 5. The molecule has 2 fully saturated rings. The first kappa shape index (κ1) is 45.6. The van der Waals surface area contributed by atoms with E-state index in [1.807, 2.05) is 0 Å². The van der Waals surface area contributed by atoms with Gasteiger partial charge in [0, 0.05) is 33.3 Å². The molecule has 2 heterocycles. The molecule has 5 atom stereocenters. The lowest BCUT2D eigenvalue weighted by molar-refractivity contribution is -0.137. The zero-order valence-corrected chi connectivity index (χ0v) is 28.4.